The van der Waals surface area contributed by atoms with Gasteiger partial charge in [0.25, 0.3) is 0 Å². The predicted molar refractivity (Wildman–Crippen MR) is 78.6 cm³/mol. The fourth-order valence-corrected chi connectivity index (χ4v) is 2.71. The van der Waals surface area contributed by atoms with Gasteiger partial charge in [-0.15, -0.1) is 16.4 Å². The van der Waals surface area contributed by atoms with Gasteiger partial charge in [0, 0.05) is 11.4 Å². The molecule has 0 spiro atoms. The second-order valence-electron chi connectivity index (χ2n) is 4.42. The van der Waals surface area contributed by atoms with Crippen molar-refractivity contribution in [1.82, 2.24) is 20.3 Å². The summed E-state index contributed by atoms with van der Waals surface area (Å²) < 4.78 is 1.62. The molecule has 0 bridgehead atoms. The summed E-state index contributed by atoms with van der Waals surface area (Å²) in [6, 6.07) is 11.7. The lowest BCUT2D eigenvalue weighted by Crippen LogP contribution is -2.29. The maximum atomic E-state index is 11.9. The van der Waals surface area contributed by atoms with Crippen LogP contribution in [0.5, 0.6) is 0 Å². The molecule has 20 heavy (non-hydrogen) atoms. The first-order chi connectivity index (χ1) is 9.83. The van der Waals surface area contributed by atoms with E-state index >= 15 is 0 Å². The van der Waals surface area contributed by atoms with Gasteiger partial charge >= 0.3 is 0 Å². The minimum absolute atomic E-state index is 0.0443. The molecule has 102 valence electrons. The van der Waals surface area contributed by atoms with Gasteiger partial charge in [0.15, 0.2) is 0 Å². The highest BCUT2D eigenvalue weighted by Crippen LogP contribution is 2.09. The Balaban J connectivity index is 1.56. The Labute approximate surface area is 120 Å². The monoisotopic (exact) mass is 286 g/mol. The van der Waals surface area contributed by atoms with Crippen LogP contribution in [0, 0.1) is 0 Å². The predicted octanol–water partition coefficient (Wildman–Crippen LogP) is 1.85. The van der Waals surface area contributed by atoms with E-state index in [0.29, 0.717) is 6.54 Å². The van der Waals surface area contributed by atoms with Crippen molar-refractivity contribution in [1.29, 1.82) is 0 Å². The second kappa shape index (κ2) is 5.83. The molecule has 0 saturated carbocycles. The zero-order valence-electron chi connectivity index (χ0n) is 10.8. The van der Waals surface area contributed by atoms with Crippen LogP contribution in [0.1, 0.15) is 4.88 Å². The molecule has 1 N–H and O–H groups in total. The first kappa shape index (κ1) is 12.8. The molecule has 2 heterocycles. The molecule has 0 aliphatic rings. The maximum absolute atomic E-state index is 11.9. The van der Waals surface area contributed by atoms with E-state index in [4.69, 9.17) is 0 Å². The molecule has 0 fully saturated rings. The molecular weight excluding hydrogens is 272 g/mol. The molecule has 0 radical (unpaired) electrons. The first-order valence-electron chi connectivity index (χ1n) is 6.40. The number of hydrogen-bond acceptors (Lipinski definition) is 4. The van der Waals surface area contributed by atoms with Gasteiger partial charge in [-0.2, -0.15) is 0 Å². The van der Waals surface area contributed by atoms with Gasteiger partial charge in [-0.25, -0.2) is 4.68 Å². The summed E-state index contributed by atoms with van der Waals surface area (Å²) >= 11 is 1.70. The number of fused-ring (bicyclic) bond motifs is 1. The summed E-state index contributed by atoms with van der Waals surface area (Å²) in [6.45, 7) is 0.844. The highest BCUT2D eigenvalue weighted by Gasteiger charge is 2.07. The van der Waals surface area contributed by atoms with Gasteiger partial charge in [0.05, 0.1) is 5.52 Å². The normalized spacial score (nSPS) is 10.8. The lowest BCUT2D eigenvalue weighted by Gasteiger charge is -2.04. The number of carbonyl (C=O) groups is 1. The van der Waals surface area contributed by atoms with Crippen molar-refractivity contribution < 1.29 is 4.79 Å². The number of rotatable bonds is 5. The second-order valence-corrected chi connectivity index (χ2v) is 5.45. The van der Waals surface area contributed by atoms with E-state index in [9.17, 15) is 4.79 Å². The van der Waals surface area contributed by atoms with Crippen molar-refractivity contribution in [3.8, 4) is 0 Å². The lowest BCUT2D eigenvalue weighted by molar-refractivity contribution is -0.121. The number of thiophene rings is 1. The van der Waals surface area contributed by atoms with Crippen LogP contribution in [0.4, 0.5) is 0 Å². The van der Waals surface area contributed by atoms with Crippen molar-refractivity contribution in [2.24, 2.45) is 0 Å². The van der Waals surface area contributed by atoms with E-state index in [-0.39, 0.29) is 12.5 Å². The number of carbonyl (C=O) groups excluding carboxylic acids is 1. The number of nitrogens with zero attached hydrogens (tertiary/aromatic N) is 3. The van der Waals surface area contributed by atoms with Gasteiger partial charge in [0.1, 0.15) is 12.1 Å². The number of hydrogen-bond donors (Lipinski definition) is 1. The van der Waals surface area contributed by atoms with Crippen LogP contribution >= 0.6 is 11.3 Å². The minimum Gasteiger partial charge on any atom is -0.354 e. The summed E-state index contributed by atoms with van der Waals surface area (Å²) in [4.78, 5) is 13.2. The van der Waals surface area contributed by atoms with E-state index in [1.54, 1.807) is 16.0 Å². The minimum atomic E-state index is -0.0443. The average molecular weight is 286 g/mol. The van der Waals surface area contributed by atoms with Gasteiger partial charge < -0.3 is 5.32 Å². The molecule has 1 amide bonds. The standard InChI is InChI=1S/C14H14N4OS/c19-14(15-8-7-11-4-3-9-20-11)10-18-13-6-2-1-5-12(13)16-17-18/h1-6,9H,7-8,10H2,(H,15,19). The molecular formula is C14H14N4OS. The molecule has 5 nitrogen and oxygen atoms in total. The highest BCUT2D eigenvalue weighted by molar-refractivity contribution is 7.09. The Morgan fingerprint density at radius 3 is 3.00 bits per heavy atom. The van der Waals surface area contributed by atoms with Crippen molar-refractivity contribution in [2.75, 3.05) is 6.54 Å². The largest absolute Gasteiger partial charge is 0.354 e. The maximum Gasteiger partial charge on any atom is 0.241 e. The van der Waals surface area contributed by atoms with E-state index in [1.807, 2.05) is 35.7 Å². The number of aromatic nitrogens is 3. The first-order valence-corrected chi connectivity index (χ1v) is 7.28. The van der Waals surface area contributed by atoms with Crippen LogP contribution in [-0.4, -0.2) is 27.4 Å². The van der Waals surface area contributed by atoms with Gasteiger partial charge in [-0.1, -0.05) is 23.4 Å². The van der Waals surface area contributed by atoms with Crippen LogP contribution in [-0.2, 0) is 17.8 Å². The smallest absolute Gasteiger partial charge is 0.241 e. The average Bonchev–Trinajstić information content (AvgIpc) is 3.09. The molecule has 6 heteroatoms. The molecule has 2 aromatic heterocycles. The van der Waals surface area contributed by atoms with Crippen molar-refractivity contribution in [3.63, 3.8) is 0 Å². The third-order valence-corrected chi connectivity index (χ3v) is 3.92. The van der Waals surface area contributed by atoms with Crippen LogP contribution in [0.3, 0.4) is 0 Å². The van der Waals surface area contributed by atoms with Crippen LogP contribution in [0.25, 0.3) is 11.0 Å². The quantitative estimate of drug-likeness (QED) is 0.778. The van der Waals surface area contributed by atoms with E-state index < -0.39 is 0 Å². The molecule has 3 rings (SSSR count). The summed E-state index contributed by atoms with van der Waals surface area (Å²) in [7, 11) is 0. The van der Waals surface area contributed by atoms with Crippen LogP contribution in [0.2, 0.25) is 0 Å². The van der Waals surface area contributed by atoms with Crippen molar-refractivity contribution in [2.45, 2.75) is 13.0 Å². The van der Waals surface area contributed by atoms with E-state index in [0.717, 1.165) is 17.5 Å². The van der Waals surface area contributed by atoms with Crippen molar-refractivity contribution in [3.05, 3.63) is 46.7 Å². The Morgan fingerprint density at radius 2 is 2.15 bits per heavy atom. The summed E-state index contributed by atoms with van der Waals surface area (Å²) in [5, 5.41) is 13.0. The third kappa shape index (κ3) is 2.85. The number of para-hydroxylation sites is 1. The lowest BCUT2D eigenvalue weighted by atomic mass is 10.3. The van der Waals surface area contributed by atoms with E-state index in [1.165, 1.54) is 4.88 Å². The fraction of sp³-hybridized carbons (Fsp3) is 0.214. The van der Waals surface area contributed by atoms with Gasteiger partial charge in [-0.3, -0.25) is 4.79 Å². The molecule has 0 aliphatic heterocycles. The topological polar surface area (TPSA) is 59.8 Å². The number of nitrogens with one attached hydrogen (secondary N) is 1. The Kier molecular flexibility index (Phi) is 3.73. The Bertz CT molecular complexity index is 705. The zero-order valence-corrected chi connectivity index (χ0v) is 11.6. The van der Waals surface area contributed by atoms with E-state index in [2.05, 4.69) is 21.7 Å². The summed E-state index contributed by atoms with van der Waals surface area (Å²) in [5.41, 5.74) is 1.68. The zero-order chi connectivity index (χ0) is 13.8. The summed E-state index contributed by atoms with van der Waals surface area (Å²) in [5.74, 6) is -0.0443. The number of amides is 1. The Morgan fingerprint density at radius 1 is 1.25 bits per heavy atom. The number of benzene rings is 1. The van der Waals surface area contributed by atoms with Gasteiger partial charge in [-0.05, 0) is 30.0 Å². The fourth-order valence-electron chi connectivity index (χ4n) is 2.01. The van der Waals surface area contributed by atoms with Crippen LogP contribution < -0.4 is 5.32 Å². The molecule has 3 aromatic rings. The molecule has 0 saturated heterocycles. The summed E-state index contributed by atoms with van der Waals surface area (Å²) in [6.07, 6.45) is 0.863. The SMILES string of the molecule is O=C(Cn1nnc2ccccc21)NCCc1cccs1. The molecule has 0 unspecified atom stereocenters. The Hall–Kier alpha value is -2.21. The molecule has 0 atom stereocenters. The van der Waals surface area contributed by atoms with Crippen molar-refractivity contribution >= 4 is 28.3 Å². The highest BCUT2D eigenvalue weighted by atomic mass is 32.1. The van der Waals surface area contributed by atoms with Gasteiger partial charge in [0.2, 0.25) is 5.91 Å². The molecule has 1 aromatic carbocycles. The molecule has 0 aliphatic carbocycles. The third-order valence-electron chi connectivity index (χ3n) is 2.99. The van der Waals surface area contributed by atoms with Crippen LogP contribution in [0.15, 0.2) is 41.8 Å².